The van der Waals surface area contributed by atoms with Gasteiger partial charge in [0.2, 0.25) is 0 Å². The predicted octanol–water partition coefficient (Wildman–Crippen LogP) is 3.66. The quantitative estimate of drug-likeness (QED) is 0.531. The van der Waals surface area contributed by atoms with Crippen molar-refractivity contribution in [1.82, 2.24) is 25.1 Å². The summed E-state index contributed by atoms with van der Waals surface area (Å²) < 4.78 is 42.7. The Morgan fingerprint density at radius 2 is 2.00 bits per heavy atom. The monoisotopic (exact) mass is 384 g/mol. The highest BCUT2D eigenvalue weighted by atomic mass is 35.5. The second-order valence-electron chi connectivity index (χ2n) is 5.26. The maximum atomic E-state index is 12.5. The molecule has 0 atom stereocenters. The number of halogens is 4. The fourth-order valence-corrected chi connectivity index (χ4v) is 2.19. The number of pyridine rings is 2. The molecule has 3 heterocycles. The SMILES string of the molecule is CN(Cc1noc(-c2cccc(Cl)n2)n1)Nc1ccc(C(F)(F)F)cn1. The maximum absolute atomic E-state index is 12.5. The average molecular weight is 385 g/mol. The van der Waals surface area contributed by atoms with Gasteiger partial charge in [-0.15, -0.1) is 0 Å². The lowest BCUT2D eigenvalue weighted by atomic mass is 10.3. The van der Waals surface area contributed by atoms with Crippen molar-refractivity contribution in [3.8, 4) is 11.6 Å². The van der Waals surface area contributed by atoms with Crippen LogP contribution in [-0.2, 0) is 12.7 Å². The molecule has 7 nitrogen and oxygen atoms in total. The fraction of sp³-hybridized carbons (Fsp3) is 0.200. The summed E-state index contributed by atoms with van der Waals surface area (Å²) in [4.78, 5) is 12.0. The van der Waals surface area contributed by atoms with Gasteiger partial charge in [-0.3, -0.25) is 0 Å². The van der Waals surface area contributed by atoms with E-state index in [0.717, 1.165) is 12.3 Å². The number of hydrogen-bond donors (Lipinski definition) is 1. The zero-order valence-corrected chi connectivity index (χ0v) is 14.1. The van der Waals surface area contributed by atoms with Gasteiger partial charge in [0.25, 0.3) is 5.89 Å². The number of rotatable bonds is 5. The normalized spacial score (nSPS) is 11.8. The Morgan fingerprint density at radius 1 is 1.19 bits per heavy atom. The van der Waals surface area contributed by atoms with Crippen LogP contribution < -0.4 is 5.43 Å². The molecule has 0 aliphatic rings. The summed E-state index contributed by atoms with van der Waals surface area (Å²) in [6, 6.07) is 7.18. The minimum Gasteiger partial charge on any atom is -0.332 e. The van der Waals surface area contributed by atoms with Crippen LogP contribution in [0.1, 0.15) is 11.4 Å². The van der Waals surface area contributed by atoms with Crippen molar-refractivity contribution in [2.45, 2.75) is 12.7 Å². The first kappa shape index (κ1) is 18.1. The molecule has 3 aromatic rings. The molecule has 3 rings (SSSR count). The molecule has 0 saturated heterocycles. The van der Waals surface area contributed by atoms with E-state index < -0.39 is 11.7 Å². The Hall–Kier alpha value is -2.72. The van der Waals surface area contributed by atoms with Gasteiger partial charge in [-0.1, -0.05) is 22.8 Å². The molecule has 0 aliphatic heterocycles. The van der Waals surface area contributed by atoms with Crippen molar-refractivity contribution >= 4 is 17.4 Å². The third kappa shape index (κ3) is 4.46. The lowest BCUT2D eigenvalue weighted by molar-refractivity contribution is -0.137. The van der Waals surface area contributed by atoms with Crippen molar-refractivity contribution in [1.29, 1.82) is 0 Å². The van der Waals surface area contributed by atoms with Gasteiger partial charge in [-0.25, -0.2) is 15.0 Å². The van der Waals surface area contributed by atoms with Gasteiger partial charge in [0.1, 0.15) is 16.7 Å². The van der Waals surface area contributed by atoms with Crippen molar-refractivity contribution < 1.29 is 17.7 Å². The highest BCUT2D eigenvalue weighted by molar-refractivity contribution is 6.29. The number of aromatic nitrogens is 4. The third-order valence-electron chi connectivity index (χ3n) is 3.18. The Morgan fingerprint density at radius 3 is 2.65 bits per heavy atom. The molecule has 0 amide bonds. The molecule has 0 bridgehead atoms. The standard InChI is InChI=1S/C15H12ClF3N6O/c1-25(23-12-6-5-9(7-20-12)15(17,18)19)8-13-22-14(26-24-13)10-3-2-4-11(16)21-10/h2-7H,8H2,1H3,(H,20,23). The van der Waals surface area contributed by atoms with Crippen LogP contribution in [0.5, 0.6) is 0 Å². The van der Waals surface area contributed by atoms with Crippen molar-refractivity contribution in [3.63, 3.8) is 0 Å². The first-order valence-corrected chi connectivity index (χ1v) is 7.65. The lowest BCUT2D eigenvalue weighted by Crippen LogP contribution is -2.26. The van der Waals surface area contributed by atoms with E-state index in [1.54, 1.807) is 30.3 Å². The van der Waals surface area contributed by atoms with Crippen molar-refractivity contribution in [3.05, 3.63) is 53.1 Å². The van der Waals surface area contributed by atoms with E-state index in [0.29, 0.717) is 16.7 Å². The molecule has 0 aromatic carbocycles. The number of alkyl halides is 3. The molecular weight excluding hydrogens is 373 g/mol. The Labute approximate surface area is 150 Å². The van der Waals surface area contributed by atoms with Gasteiger partial charge in [0.05, 0.1) is 12.1 Å². The second-order valence-corrected chi connectivity index (χ2v) is 5.65. The van der Waals surface area contributed by atoms with Crippen LogP contribution in [0.4, 0.5) is 19.0 Å². The molecule has 136 valence electrons. The first-order valence-electron chi connectivity index (χ1n) is 7.28. The molecule has 0 unspecified atom stereocenters. The fourth-order valence-electron chi connectivity index (χ4n) is 2.02. The van der Waals surface area contributed by atoms with Crippen LogP contribution in [0.3, 0.4) is 0 Å². The van der Waals surface area contributed by atoms with Crippen LogP contribution in [-0.4, -0.2) is 32.2 Å². The van der Waals surface area contributed by atoms with Crippen LogP contribution in [0.25, 0.3) is 11.6 Å². The van der Waals surface area contributed by atoms with Gasteiger partial charge < -0.3 is 9.95 Å². The van der Waals surface area contributed by atoms with E-state index in [9.17, 15) is 13.2 Å². The van der Waals surface area contributed by atoms with Gasteiger partial charge in [-0.2, -0.15) is 18.2 Å². The lowest BCUT2D eigenvalue weighted by Gasteiger charge is -2.17. The van der Waals surface area contributed by atoms with E-state index in [-0.39, 0.29) is 18.3 Å². The molecular formula is C15H12ClF3N6O. The van der Waals surface area contributed by atoms with E-state index in [4.69, 9.17) is 16.1 Å². The molecule has 3 aromatic heterocycles. The summed E-state index contributed by atoms with van der Waals surface area (Å²) in [5, 5.41) is 5.68. The number of nitrogens with one attached hydrogen (secondary N) is 1. The summed E-state index contributed by atoms with van der Waals surface area (Å²) >= 11 is 5.82. The highest BCUT2D eigenvalue weighted by Crippen LogP contribution is 2.28. The van der Waals surface area contributed by atoms with Gasteiger partial charge in [0, 0.05) is 13.2 Å². The molecule has 0 aliphatic carbocycles. The molecule has 11 heteroatoms. The number of hydrazine groups is 1. The maximum Gasteiger partial charge on any atom is 0.417 e. The van der Waals surface area contributed by atoms with Crippen LogP contribution in [0.2, 0.25) is 5.15 Å². The minimum absolute atomic E-state index is 0.212. The molecule has 0 fully saturated rings. The topological polar surface area (TPSA) is 80.0 Å². The summed E-state index contributed by atoms with van der Waals surface area (Å²) in [7, 11) is 1.66. The highest BCUT2D eigenvalue weighted by Gasteiger charge is 2.30. The van der Waals surface area contributed by atoms with Crippen LogP contribution in [0, 0.1) is 0 Å². The van der Waals surface area contributed by atoms with E-state index >= 15 is 0 Å². The number of hydrogen-bond acceptors (Lipinski definition) is 7. The van der Waals surface area contributed by atoms with Gasteiger partial charge >= 0.3 is 6.18 Å². The zero-order chi connectivity index (χ0) is 18.7. The van der Waals surface area contributed by atoms with Gasteiger partial charge in [0.15, 0.2) is 5.82 Å². The number of anilines is 1. The van der Waals surface area contributed by atoms with E-state index in [1.807, 2.05) is 0 Å². The second kappa shape index (κ2) is 7.26. The smallest absolute Gasteiger partial charge is 0.332 e. The molecule has 1 N–H and O–H groups in total. The van der Waals surface area contributed by atoms with Crippen molar-refractivity contribution in [2.24, 2.45) is 0 Å². The summed E-state index contributed by atoms with van der Waals surface area (Å²) in [5.74, 6) is 0.813. The Balaban J connectivity index is 1.63. The molecule has 0 radical (unpaired) electrons. The van der Waals surface area contributed by atoms with Gasteiger partial charge in [-0.05, 0) is 24.3 Å². The van der Waals surface area contributed by atoms with E-state index in [2.05, 4.69) is 25.5 Å². The average Bonchev–Trinajstić information content (AvgIpc) is 3.03. The first-order chi connectivity index (χ1) is 12.3. The molecule has 0 saturated carbocycles. The Bertz CT molecular complexity index is 884. The summed E-state index contributed by atoms with van der Waals surface area (Å²) in [6.07, 6.45) is -3.67. The minimum atomic E-state index is -4.42. The summed E-state index contributed by atoms with van der Waals surface area (Å²) in [5.41, 5.74) is 2.45. The summed E-state index contributed by atoms with van der Waals surface area (Å²) in [6.45, 7) is 0.215. The number of nitrogens with zero attached hydrogens (tertiary/aromatic N) is 5. The van der Waals surface area contributed by atoms with Crippen LogP contribution in [0.15, 0.2) is 41.1 Å². The molecule has 26 heavy (non-hydrogen) atoms. The Kier molecular flexibility index (Phi) is 5.05. The van der Waals surface area contributed by atoms with Crippen LogP contribution >= 0.6 is 11.6 Å². The third-order valence-corrected chi connectivity index (χ3v) is 3.39. The zero-order valence-electron chi connectivity index (χ0n) is 13.3. The largest absolute Gasteiger partial charge is 0.417 e. The van der Waals surface area contributed by atoms with Crippen molar-refractivity contribution in [2.75, 3.05) is 12.5 Å². The molecule has 0 spiro atoms. The predicted molar refractivity (Wildman–Crippen MR) is 86.9 cm³/mol. The van der Waals surface area contributed by atoms with E-state index in [1.165, 1.54) is 6.07 Å².